The van der Waals surface area contributed by atoms with Crippen molar-refractivity contribution < 1.29 is 9.59 Å². The monoisotopic (exact) mass is 364 g/mol. The number of urea groups is 1. The van der Waals surface area contributed by atoms with Gasteiger partial charge in [-0.1, -0.05) is 36.4 Å². The number of hydrogen-bond donors (Lipinski definition) is 0. The average Bonchev–Trinajstić information content (AvgIpc) is 2.87. The van der Waals surface area contributed by atoms with Gasteiger partial charge in [0, 0.05) is 39.1 Å². The van der Waals surface area contributed by atoms with Crippen LogP contribution in [-0.2, 0) is 17.9 Å². The smallest absolute Gasteiger partial charge is 0.312 e. The van der Waals surface area contributed by atoms with Crippen LogP contribution in [0.1, 0.15) is 24.0 Å². The number of carbonyl (C=O) groups excluding carboxylic acids is 2. The fraction of sp³-hybridized carbons (Fsp3) is 0.381. The zero-order valence-electron chi connectivity index (χ0n) is 15.5. The Balaban J connectivity index is 1.45. The second-order valence-corrected chi connectivity index (χ2v) is 7.39. The van der Waals surface area contributed by atoms with Gasteiger partial charge in [-0.15, -0.1) is 0 Å². The van der Waals surface area contributed by atoms with Crippen molar-refractivity contribution >= 4 is 11.9 Å². The molecule has 2 aliphatic heterocycles. The summed E-state index contributed by atoms with van der Waals surface area (Å²) in [5, 5.41) is 0. The molecule has 1 aromatic carbocycles. The third-order valence-electron chi connectivity index (χ3n) is 5.80. The standard InChI is InChI=1S/C21H24N4O2/c1-23-20(27)25(16-18-8-5-11-22-14-18)19(26)21(23)9-12-24(13-10-21)15-17-6-3-2-4-7-17/h2-8,11,14H,9-10,12-13,15-16H2,1H3. The molecule has 2 aromatic rings. The predicted molar refractivity (Wildman–Crippen MR) is 102 cm³/mol. The maximum Gasteiger partial charge on any atom is 0.327 e. The number of carbonyl (C=O) groups is 2. The Hall–Kier alpha value is -2.73. The van der Waals surface area contributed by atoms with Gasteiger partial charge in [0.15, 0.2) is 0 Å². The van der Waals surface area contributed by atoms with E-state index in [0.717, 1.165) is 25.2 Å². The van der Waals surface area contributed by atoms with E-state index in [9.17, 15) is 9.59 Å². The second-order valence-electron chi connectivity index (χ2n) is 7.39. The lowest BCUT2D eigenvalue weighted by Gasteiger charge is -2.40. The lowest BCUT2D eigenvalue weighted by atomic mass is 9.86. The number of hydrogen-bond acceptors (Lipinski definition) is 4. The van der Waals surface area contributed by atoms with E-state index in [2.05, 4.69) is 22.0 Å². The Morgan fingerprint density at radius 3 is 2.33 bits per heavy atom. The molecule has 2 fully saturated rings. The summed E-state index contributed by atoms with van der Waals surface area (Å²) in [6, 6.07) is 13.9. The summed E-state index contributed by atoms with van der Waals surface area (Å²) >= 11 is 0. The van der Waals surface area contributed by atoms with E-state index >= 15 is 0 Å². The van der Waals surface area contributed by atoms with Crippen LogP contribution in [0.5, 0.6) is 0 Å². The number of likely N-dealkylation sites (tertiary alicyclic amines) is 1. The molecule has 0 saturated carbocycles. The number of pyridine rings is 1. The van der Waals surface area contributed by atoms with Crippen LogP contribution >= 0.6 is 0 Å². The number of aromatic nitrogens is 1. The first-order valence-electron chi connectivity index (χ1n) is 9.35. The van der Waals surface area contributed by atoms with Crippen LogP contribution in [0.2, 0.25) is 0 Å². The van der Waals surface area contributed by atoms with Gasteiger partial charge in [0.2, 0.25) is 0 Å². The number of imide groups is 1. The third kappa shape index (κ3) is 3.21. The minimum Gasteiger partial charge on any atom is -0.312 e. The predicted octanol–water partition coefficient (Wildman–Crippen LogP) is 2.51. The quantitative estimate of drug-likeness (QED) is 0.783. The van der Waals surface area contributed by atoms with Crippen molar-refractivity contribution in [1.29, 1.82) is 0 Å². The molecule has 1 spiro atoms. The molecule has 3 heterocycles. The first kappa shape index (κ1) is 17.7. The molecule has 2 saturated heterocycles. The highest BCUT2D eigenvalue weighted by Gasteiger charge is 2.56. The molecule has 140 valence electrons. The molecule has 0 radical (unpaired) electrons. The van der Waals surface area contributed by atoms with Crippen LogP contribution in [-0.4, -0.2) is 57.3 Å². The van der Waals surface area contributed by atoms with Gasteiger partial charge in [0.25, 0.3) is 5.91 Å². The number of benzene rings is 1. The topological polar surface area (TPSA) is 56.8 Å². The van der Waals surface area contributed by atoms with Crippen molar-refractivity contribution in [1.82, 2.24) is 19.7 Å². The highest BCUT2D eigenvalue weighted by Crippen LogP contribution is 2.37. The summed E-state index contributed by atoms with van der Waals surface area (Å²) in [6.45, 7) is 2.77. The van der Waals surface area contributed by atoms with Gasteiger partial charge in [-0.25, -0.2) is 4.79 Å². The zero-order chi connectivity index (χ0) is 18.9. The van der Waals surface area contributed by atoms with E-state index in [0.29, 0.717) is 12.8 Å². The summed E-state index contributed by atoms with van der Waals surface area (Å²) in [5.74, 6) is -0.0711. The van der Waals surface area contributed by atoms with Crippen molar-refractivity contribution in [3.8, 4) is 0 Å². The SMILES string of the molecule is CN1C(=O)N(Cc2cccnc2)C(=O)C12CCN(Cc1ccccc1)CC2. The first-order valence-corrected chi connectivity index (χ1v) is 9.35. The Labute approximate surface area is 159 Å². The number of amides is 3. The molecule has 6 heteroatoms. The number of rotatable bonds is 4. The van der Waals surface area contributed by atoms with Crippen LogP contribution in [0.25, 0.3) is 0 Å². The summed E-state index contributed by atoms with van der Waals surface area (Å²) in [6.07, 6.45) is 4.73. The van der Waals surface area contributed by atoms with E-state index in [-0.39, 0.29) is 18.5 Å². The van der Waals surface area contributed by atoms with E-state index in [1.54, 1.807) is 24.3 Å². The highest BCUT2D eigenvalue weighted by atomic mass is 16.2. The molecule has 1 aromatic heterocycles. The summed E-state index contributed by atoms with van der Waals surface area (Å²) in [7, 11) is 1.76. The van der Waals surface area contributed by atoms with Gasteiger partial charge >= 0.3 is 6.03 Å². The normalized spacial score (nSPS) is 19.9. The molecule has 6 nitrogen and oxygen atoms in total. The molecule has 3 amide bonds. The van der Waals surface area contributed by atoms with Crippen LogP contribution < -0.4 is 0 Å². The lowest BCUT2D eigenvalue weighted by molar-refractivity contribution is -0.135. The highest BCUT2D eigenvalue weighted by molar-refractivity contribution is 6.06. The van der Waals surface area contributed by atoms with Gasteiger partial charge in [-0.3, -0.25) is 19.6 Å². The van der Waals surface area contributed by atoms with E-state index in [4.69, 9.17) is 0 Å². The summed E-state index contributed by atoms with van der Waals surface area (Å²) in [4.78, 5) is 35.4. The zero-order valence-corrected chi connectivity index (χ0v) is 15.5. The number of likely N-dealkylation sites (N-methyl/N-ethyl adjacent to an activating group) is 1. The molecule has 0 N–H and O–H groups in total. The Kier molecular flexibility index (Phi) is 4.66. The minimum absolute atomic E-state index is 0.0711. The van der Waals surface area contributed by atoms with Gasteiger partial charge < -0.3 is 4.90 Å². The molecule has 4 rings (SSSR count). The largest absolute Gasteiger partial charge is 0.327 e. The fourth-order valence-electron chi connectivity index (χ4n) is 4.13. The number of nitrogens with zero attached hydrogens (tertiary/aromatic N) is 4. The molecular formula is C21H24N4O2. The minimum atomic E-state index is -0.702. The van der Waals surface area contributed by atoms with E-state index < -0.39 is 5.54 Å². The van der Waals surface area contributed by atoms with Crippen molar-refractivity contribution in [3.63, 3.8) is 0 Å². The van der Waals surface area contributed by atoms with Crippen molar-refractivity contribution in [2.45, 2.75) is 31.5 Å². The van der Waals surface area contributed by atoms with Gasteiger partial charge in [-0.2, -0.15) is 0 Å². The maximum absolute atomic E-state index is 13.2. The van der Waals surface area contributed by atoms with Crippen molar-refractivity contribution in [2.75, 3.05) is 20.1 Å². The molecule has 0 atom stereocenters. The second kappa shape index (κ2) is 7.12. The lowest BCUT2D eigenvalue weighted by Crippen LogP contribution is -2.55. The van der Waals surface area contributed by atoms with Crippen LogP contribution in [0.4, 0.5) is 4.79 Å². The van der Waals surface area contributed by atoms with Gasteiger partial charge in [0.05, 0.1) is 6.54 Å². The van der Waals surface area contributed by atoms with Crippen LogP contribution in [0, 0.1) is 0 Å². The molecule has 0 unspecified atom stereocenters. The molecule has 0 bridgehead atoms. The van der Waals surface area contributed by atoms with Crippen LogP contribution in [0.3, 0.4) is 0 Å². The molecule has 2 aliphatic rings. The van der Waals surface area contributed by atoms with Crippen molar-refractivity contribution in [3.05, 3.63) is 66.0 Å². The van der Waals surface area contributed by atoms with Crippen molar-refractivity contribution in [2.24, 2.45) is 0 Å². The molecular weight excluding hydrogens is 340 g/mol. The number of piperidine rings is 1. The summed E-state index contributed by atoms with van der Waals surface area (Å²) in [5.41, 5.74) is 1.44. The Morgan fingerprint density at radius 1 is 0.963 bits per heavy atom. The van der Waals surface area contributed by atoms with Crippen LogP contribution in [0.15, 0.2) is 54.9 Å². The average molecular weight is 364 g/mol. The maximum atomic E-state index is 13.2. The van der Waals surface area contributed by atoms with E-state index in [1.807, 2.05) is 30.3 Å². The first-order chi connectivity index (χ1) is 13.1. The third-order valence-corrected chi connectivity index (χ3v) is 5.80. The summed E-state index contributed by atoms with van der Waals surface area (Å²) < 4.78 is 0. The fourth-order valence-corrected chi connectivity index (χ4v) is 4.13. The van der Waals surface area contributed by atoms with Gasteiger partial charge in [0.1, 0.15) is 5.54 Å². The van der Waals surface area contributed by atoms with E-state index in [1.165, 1.54) is 10.5 Å². The Bertz CT molecular complexity index is 817. The Morgan fingerprint density at radius 2 is 1.67 bits per heavy atom. The molecule has 0 aliphatic carbocycles. The van der Waals surface area contributed by atoms with Gasteiger partial charge in [-0.05, 0) is 30.0 Å². The molecule has 27 heavy (non-hydrogen) atoms.